The maximum atomic E-state index is 12.4. The van der Waals surface area contributed by atoms with Crippen LogP contribution in [-0.4, -0.2) is 30.0 Å². The Kier molecular flexibility index (Phi) is 7.99. The molecule has 2 aromatic carbocycles. The van der Waals surface area contributed by atoms with Crippen molar-refractivity contribution >= 4 is 20.2 Å². The van der Waals surface area contributed by atoms with Gasteiger partial charge >= 0.3 is 0 Å². The molecule has 8 heteroatoms. The summed E-state index contributed by atoms with van der Waals surface area (Å²) in [5, 5.41) is 0. The Bertz CT molecular complexity index is 913. The molecule has 0 saturated carbocycles. The lowest BCUT2D eigenvalue weighted by Crippen LogP contribution is -2.23. The summed E-state index contributed by atoms with van der Waals surface area (Å²) in [7, 11) is -7.85. The van der Waals surface area contributed by atoms with Crippen LogP contribution in [0.1, 0.15) is 31.4 Å². The molecule has 160 valence electrons. The highest BCUT2D eigenvalue weighted by atomic mass is 32.2. The van der Waals surface area contributed by atoms with E-state index in [2.05, 4.69) is 0 Å². The van der Waals surface area contributed by atoms with Gasteiger partial charge in [0, 0.05) is 5.92 Å². The first-order valence-corrected chi connectivity index (χ1v) is 12.2. The second kappa shape index (κ2) is 9.84. The minimum Gasteiger partial charge on any atom is -0.266 e. The zero-order valence-corrected chi connectivity index (χ0v) is 18.8. The number of hydrogen-bond acceptors (Lipinski definition) is 6. The maximum absolute atomic E-state index is 12.4. The number of aryl methyl sites for hydroxylation is 2. The molecule has 0 unspecified atom stereocenters. The zero-order chi connectivity index (χ0) is 21.7. The third-order valence-corrected chi connectivity index (χ3v) is 6.93. The van der Waals surface area contributed by atoms with Crippen LogP contribution < -0.4 is 0 Å². The summed E-state index contributed by atoms with van der Waals surface area (Å²) in [6, 6.07) is 12.7. The minimum atomic E-state index is -3.92. The van der Waals surface area contributed by atoms with Gasteiger partial charge in [0.2, 0.25) is 0 Å². The lowest BCUT2D eigenvalue weighted by Gasteiger charge is -2.19. The molecule has 0 fully saturated rings. The summed E-state index contributed by atoms with van der Waals surface area (Å²) in [6.07, 6.45) is 0.562. The second-order valence-electron chi connectivity index (χ2n) is 7.60. The highest BCUT2D eigenvalue weighted by molar-refractivity contribution is 7.87. The molecule has 0 amide bonds. The molecule has 0 atom stereocenters. The predicted molar refractivity (Wildman–Crippen MR) is 112 cm³/mol. The first-order valence-electron chi connectivity index (χ1n) is 9.42. The van der Waals surface area contributed by atoms with E-state index in [0.717, 1.165) is 11.1 Å². The van der Waals surface area contributed by atoms with Gasteiger partial charge in [-0.15, -0.1) is 0 Å². The predicted octanol–water partition coefficient (Wildman–Crippen LogP) is 4.08. The first kappa shape index (κ1) is 23.5. The van der Waals surface area contributed by atoms with Crippen molar-refractivity contribution in [3.63, 3.8) is 0 Å². The largest absolute Gasteiger partial charge is 0.296 e. The molecule has 0 spiro atoms. The Labute approximate surface area is 174 Å². The lowest BCUT2D eigenvalue weighted by molar-refractivity contribution is 0.166. The molecule has 29 heavy (non-hydrogen) atoms. The van der Waals surface area contributed by atoms with Gasteiger partial charge in [-0.1, -0.05) is 49.2 Å². The number of hydrogen-bond donors (Lipinski definition) is 0. The van der Waals surface area contributed by atoms with E-state index < -0.39 is 26.2 Å². The smallest absolute Gasteiger partial charge is 0.266 e. The third kappa shape index (κ3) is 7.22. The molecule has 2 aromatic rings. The van der Waals surface area contributed by atoms with Crippen LogP contribution in [0.15, 0.2) is 58.3 Å². The molecule has 0 radical (unpaired) electrons. The van der Waals surface area contributed by atoms with Crippen molar-refractivity contribution in [2.45, 2.75) is 43.9 Å². The molecular formula is C21H28O6S2. The van der Waals surface area contributed by atoms with Crippen LogP contribution in [0.25, 0.3) is 0 Å². The number of benzene rings is 2. The van der Waals surface area contributed by atoms with E-state index in [4.69, 9.17) is 8.37 Å². The lowest BCUT2D eigenvalue weighted by atomic mass is 9.99. The minimum absolute atomic E-state index is 0.0691. The molecule has 0 bridgehead atoms. The van der Waals surface area contributed by atoms with Crippen molar-refractivity contribution in [1.29, 1.82) is 0 Å². The molecule has 6 nitrogen and oxygen atoms in total. The fraction of sp³-hybridized carbons (Fsp3) is 0.429. The van der Waals surface area contributed by atoms with Gasteiger partial charge in [0.15, 0.2) is 0 Å². The van der Waals surface area contributed by atoms with Gasteiger partial charge in [0.05, 0.1) is 23.0 Å². The Balaban J connectivity index is 2.05. The maximum Gasteiger partial charge on any atom is 0.296 e. The Morgan fingerprint density at radius 3 is 1.34 bits per heavy atom. The van der Waals surface area contributed by atoms with Crippen LogP contribution in [0.5, 0.6) is 0 Å². The van der Waals surface area contributed by atoms with Crippen molar-refractivity contribution in [2.75, 3.05) is 13.2 Å². The van der Waals surface area contributed by atoms with Crippen molar-refractivity contribution in [3.8, 4) is 0 Å². The first-order chi connectivity index (χ1) is 13.5. The summed E-state index contributed by atoms with van der Waals surface area (Å²) in [5.74, 6) is -0.174. The van der Waals surface area contributed by atoms with Crippen molar-refractivity contribution < 1.29 is 25.2 Å². The second-order valence-corrected chi connectivity index (χ2v) is 10.8. The summed E-state index contributed by atoms with van der Waals surface area (Å²) in [5.41, 5.74) is 1.88. The number of rotatable bonds is 10. The van der Waals surface area contributed by atoms with E-state index in [9.17, 15) is 16.8 Å². The van der Waals surface area contributed by atoms with Crippen LogP contribution in [0, 0.1) is 25.7 Å². The van der Waals surface area contributed by atoms with E-state index in [1.165, 1.54) is 24.3 Å². The van der Waals surface area contributed by atoms with Gasteiger partial charge in [-0.3, -0.25) is 8.37 Å². The molecule has 0 aliphatic heterocycles. The summed E-state index contributed by atoms with van der Waals surface area (Å²) in [6.45, 7) is 7.35. The van der Waals surface area contributed by atoms with Crippen LogP contribution in [0.2, 0.25) is 0 Å². The van der Waals surface area contributed by atoms with Crippen LogP contribution in [0.4, 0.5) is 0 Å². The summed E-state index contributed by atoms with van der Waals surface area (Å²) >= 11 is 0. The SMILES string of the molecule is Cc1ccc(S(=O)(=O)OCC(COS(=O)(=O)c2ccc(C)cc2)CC(C)C)cc1. The van der Waals surface area contributed by atoms with Gasteiger partial charge in [-0.05, 0) is 50.5 Å². The van der Waals surface area contributed by atoms with Crippen molar-refractivity contribution in [2.24, 2.45) is 11.8 Å². The third-order valence-electron chi connectivity index (χ3n) is 4.34. The van der Waals surface area contributed by atoms with Gasteiger partial charge in [-0.25, -0.2) is 0 Å². The van der Waals surface area contributed by atoms with Crippen molar-refractivity contribution in [3.05, 3.63) is 59.7 Å². The quantitative estimate of drug-likeness (QED) is 0.518. The van der Waals surface area contributed by atoms with Gasteiger partial charge in [0.1, 0.15) is 0 Å². The van der Waals surface area contributed by atoms with E-state index in [-0.39, 0.29) is 28.9 Å². The molecule has 0 N–H and O–H groups in total. The fourth-order valence-corrected chi connectivity index (χ4v) is 4.72. The molecule has 2 rings (SSSR count). The van der Waals surface area contributed by atoms with E-state index in [1.807, 2.05) is 27.7 Å². The molecule has 0 saturated heterocycles. The van der Waals surface area contributed by atoms with Gasteiger partial charge in [0.25, 0.3) is 20.2 Å². The van der Waals surface area contributed by atoms with Crippen molar-refractivity contribution in [1.82, 2.24) is 0 Å². The van der Waals surface area contributed by atoms with E-state index in [1.54, 1.807) is 24.3 Å². The van der Waals surface area contributed by atoms with Crippen LogP contribution in [0.3, 0.4) is 0 Å². The Hall–Kier alpha value is -1.74. The average molecular weight is 441 g/mol. The molecule has 0 aliphatic rings. The van der Waals surface area contributed by atoms with Crippen LogP contribution >= 0.6 is 0 Å². The van der Waals surface area contributed by atoms with Crippen LogP contribution in [-0.2, 0) is 28.6 Å². The standard InChI is InChI=1S/C21H28O6S2/c1-16(2)13-19(14-26-28(22,23)20-9-5-17(3)6-10-20)15-27-29(24,25)21-11-7-18(4)8-12-21/h5-12,16,19H,13-15H2,1-4H3. The highest BCUT2D eigenvalue weighted by Gasteiger charge is 2.23. The summed E-state index contributed by atoms with van der Waals surface area (Å²) in [4.78, 5) is 0.138. The average Bonchev–Trinajstić information content (AvgIpc) is 2.64. The molecule has 0 heterocycles. The Morgan fingerprint density at radius 2 is 1.03 bits per heavy atom. The Morgan fingerprint density at radius 1 is 0.690 bits per heavy atom. The topological polar surface area (TPSA) is 86.7 Å². The highest BCUT2D eigenvalue weighted by Crippen LogP contribution is 2.20. The monoisotopic (exact) mass is 440 g/mol. The van der Waals surface area contributed by atoms with E-state index >= 15 is 0 Å². The zero-order valence-electron chi connectivity index (χ0n) is 17.2. The van der Waals surface area contributed by atoms with Gasteiger partial charge in [-0.2, -0.15) is 16.8 Å². The normalized spacial score (nSPS) is 12.6. The molecular weight excluding hydrogens is 412 g/mol. The molecule has 0 aromatic heterocycles. The fourth-order valence-electron chi connectivity index (χ4n) is 2.77. The van der Waals surface area contributed by atoms with E-state index in [0.29, 0.717) is 6.42 Å². The molecule has 0 aliphatic carbocycles. The van der Waals surface area contributed by atoms with Gasteiger partial charge < -0.3 is 0 Å². The summed E-state index contributed by atoms with van der Waals surface area (Å²) < 4.78 is 60.0.